The van der Waals surface area contributed by atoms with Gasteiger partial charge in [-0.1, -0.05) is 0 Å². The summed E-state index contributed by atoms with van der Waals surface area (Å²) in [5.74, 6) is -0.801. The third kappa shape index (κ3) is 2.51. The van der Waals surface area contributed by atoms with E-state index in [4.69, 9.17) is 16.2 Å². The van der Waals surface area contributed by atoms with Crippen LogP contribution < -0.4 is 16.2 Å². The fourth-order valence-corrected chi connectivity index (χ4v) is 1.57. The number of hydrogen-bond donors (Lipinski definition) is 2. The molecular formula is C11H11N5O4. The standard InChI is InChI=1S/C11H11N5O4/c1-15-5-7(12)11(14-15)20-9-3-2-6(10(13)17)4-8(9)16(18)19/h2-5H,12H2,1H3,(H2,13,17). The minimum Gasteiger partial charge on any atom is -0.429 e. The van der Waals surface area contributed by atoms with Crippen LogP contribution in [-0.2, 0) is 7.05 Å². The Morgan fingerprint density at radius 2 is 2.20 bits per heavy atom. The average molecular weight is 277 g/mol. The topological polar surface area (TPSA) is 139 Å². The van der Waals surface area contributed by atoms with Gasteiger partial charge in [0, 0.05) is 18.7 Å². The van der Waals surface area contributed by atoms with Gasteiger partial charge in [-0.05, 0) is 12.1 Å². The van der Waals surface area contributed by atoms with Crippen molar-refractivity contribution in [2.45, 2.75) is 0 Å². The summed E-state index contributed by atoms with van der Waals surface area (Å²) in [5, 5.41) is 14.9. The molecule has 1 aromatic heterocycles. The van der Waals surface area contributed by atoms with Crippen molar-refractivity contribution in [3.05, 3.63) is 40.1 Å². The Bertz CT molecular complexity index is 694. The van der Waals surface area contributed by atoms with Crippen LogP contribution in [0.2, 0.25) is 0 Å². The average Bonchev–Trinajstić information content (AvgIpc) is 2.67. The van der Waals surface area contributed by atoms with Crippen molar-refractivity contribution in [1.82, 2.24) is 9.78 Å². The molecular weight excluding hydrogens is 266 g/mol. The molecule has 0 fully saturated rings. The third-order valence-corrected chi connectivity index (χ3v) is 2.47. The normalized spacial score (nSPS) is 10.2. The fraction of sp³-hybridized carbons (Fsp3) is 0.0909. The SMILES string of the molecule is Cn1cc(N)c(Oc2ccc(C(N)=O)cc2[N+](=O)[O-])n1. The van der Waals surface area contributed by atoms with E-state index in [0.717, 1.165) is 6.07 Å². The Balaban J connectivity index is 2.43. The summed E-state index contributed by atoms with van der Waals surface area (Å²) < 4.78 is 6.72. The first-order valence-electron chi connectivity index (χ1n) is 5.43. The first kappa shape index (κ1) is 13.3. The van der Waals surface area contributed by atoms with Gasteiger partial charge >= 0.3 is 5.69 Å². The number of nitrogens with zero attached hydrogens (tertiary/aromatic N) is 3. The second-order valence-corrected chi connectivity index (χ2v) is 3.97. The van der Waals surface area contributed by atoms with Crippen LogP contribution in [0.1, 0.15) is 10.4 Å². The van der Waals surface area contributed by atoms with Crippen molar-refractivity contribution in [3.63, 3.8) is 0 Å². The molecule has 4 N–H and O–H groups in total. The van der Waals surface area contributed by atoms with Crippen LogP contribution in [0.3, 0.4) is 0 Å². The number of primary amides is 1. The molecule has 0 spiro atoms. The number of benzene rings is 1. The second-order valence-electron chi connectivity index (χ2n) is 3.97. The van der Waals surface area contributed by atoms with E-state index in [0.29, 0.717) is 0 Å². The van der Waals surface area contributed by atoms with Gasteiger partial charge < -0.3 is 16.2 Å². The van der Waals surface area contributed by atoms with Gasteiger partial charge in [-0.3, -0.25) is 19.6 Å². The molecule has 0 aliphatic rings. The van der Waals surface area contributed by atoms with E-state index < -0.39 is 16.5 Å². The lowest BCUT2D eigenvalue weighted by atomic mass is 10.2. The molecule has 0 saturated carbocycles. The van der Waals surface area contributed by atoms with Crippen LogP contribution in [0.5, 0.6) is 11.6 Å². The molecule has 1 amide bonds. The maximum atomic E-state index is 11.0. The number of ether oxygens (including phenoxy) is 1. The van der Waals surface area contributed by atoms with Gasteiger partial charge in [0.1, 0.15) is 5.69 Å². The molecule has 2 aromatic rings. The number of nitrogen functional groups attached to an aromatic ring is 1. The number of nitro benzene ring substituents is 1. The summed E-state index contributed by atoms with van der Waals surface area (Å²) in [6.45, 7) is 0. The lowest BCUT2D eigenvalue weighted by molar-refractivity contribution is -0.385. The van der Waals surface area contributed by atoms with E-state index in [9.17, 15) is 14.9 Å². The van der Waals surface area contributed by atoms with Gasteiger partial charge in [0.2, 0.25) is 11.7 Å². The van der Waals surface area contributed by atoms with E-state index in [1.807, 2.05) is 0 Å². The maximum Gasteiger partial charge on any atom is 0.312 e. The van der Waals surface area contributed by atoms with Gasteiger partial charge in [-0.25, -0.2) is 0 Å². The molecule has 104 valence electrons. The van der Waals surface area contributed by atoms with Gasteiger partial charge in [0.05, 0.1) is 11.1 Å². The predicted molar refractivity (Wildman–Crippen MR) is 69.3 cm³/mol. The van der Waals surface area contributed by atoms with Crippen molar-refractivity contribution >= 4 is 17.3 Å². The van der Waals surface area contributed by atoms with E-state index in [1.165, 1.54) is 23.0 Å². The molecule has 1 heterocycles. The third-order valence-electron chi connectivity index (χ3n) is 2.47. The lowest BCUT2D eigenvalue weighted by Gasteiger charge is -2.05. The largest absolute Gasteiger partial charge is 0.429 e. The zero-order valence-electron chi connectivity index (χ0n) is 10.4. The number of nitro groups is 1. The molecule has 0 saturated heterocycles. The van der Waals surface area contributed by atoms with Crippen LogP contribution in [-0.4, -0.2) is 20.6 Å². The molecule has 0 unspecified atom stereocenters. The Morgan fingerprint density at radius 3 is 2.70 bits per heavy atom. The van der Waals surface area contributed by atoms with Crippen molar-refractivity contribution in [2.24, 2.45) is 12.8 Å². The number of amides is 1. The summed E-state index contributed by atoms with van der Waals surface area (Å²) in [6.07, 6.45) is 1.50. The zero-order chi connectivity index (χ0) is 14.9. The lowest BCUT2D eigenvalue weighted by Crippen LogP contribution is -2.11. The van der Waals surface area contributed by atoms with Crippen molar-refractivity contribution in [2.75, 3.05) is 5.73 Å². The summed E-state index contributed by atoms with van der Waals surface area (Å²) in [7, 11) is 1.63. The highest BCUT2D eigenvalue weighted by Gasteiger charge is 2.20. The molecule has 0 aliphatic heterocycles. The molecule has 0 aliphatic carbocycles. The fourth-order valence-electron chi connectivity index (χ4n) is 1.57. The molecule has 2 rings (SSSR count). The van der Waals surface area contributed by atoms with Crippen molar-refractivity contribution < 1.29 is 14.5 Å². The van der Waals surface area contributed by atoms with E-state index in [-0.39, 0.29) is 22.9 Å². The minimum absolute atomic E-state index is 0.0121. The molecule has 0 radical (unpaired) electrons. The number of carbonyl (C=O) groups is 1. The van der Waals surface area contributed by atoms with Crippen LogP contribution in [0, 0.1) is 10.1 Å². The van der Waals surface area contributed by atoms with E-state index >= 15 is 0 Å². The van der Waals surface area contributed by atoms with Crippen LogP contribution in [0.4, 0.5) is 11.4 Å². The minimum atomic E-state index is -0.767. The number of aromatic nitrogens is 2. The Labute approximate surface area is 112 Å². The van der Waals surface area contributed by atoms with Gasteiger partial charge in [0.25, 0.3) is 5.88 Å². The summed E-state index contributed by atoms with van der Waals surface area (Å²) in [6, 6.07) is 3.63. The van der Waals surface area contributed by atoms with Gasteiger partial charge in [0.15, 0.2) is 0 Å². The Morgan fingerprint density at radius 1 is 1.50 bits per heavy atom. The highest BCUT2D eigenvalue weighted by atomic mass is 16.6. The monoisotopic (exact) mass is 277 g/mol. The molecule has 9 nitrogen and oxygen atoms in total. The number of rotatable bonds is 4. The van der Waals surface area contributed by atoms with E-state index in [1.54, 1.807) is 7.05 Å². The summed E-state index contributed by atoms with van der Waals surface area (Å²) in [4.78, 5) is 21.3. The predicted octanol–water partition coefficient (Wildman–Crippen LogP) is 0.802. The van der Waals surface area contributed by atoms with Crippen LogP contribution in [0.15, 0.2) is 24.4 Å². The van der Waals surface area contributed by atoms with Gasteiger partial charge in [-0.15, -0.1) is 5.10 Å². The van der Waals surface area contributed by atoms with Crippen molar-refractivity contribution in [3.8, 4) is 11.6 Å². The number of anilines is 1. The van der Waals surface area contributed by atoms with Crippen LogP contribution >= 0.6 is 0 Å². The highest BCUT2D eigenvalue weighted by molar-refractivity contribution is 5.93. The molecule has 20 heavy (non-hydrogen) atoms. The molecule has 9 heteroatoms. The Kier molecular flexibility index (Phi) is 3.25. The van der Waals surface area contributed by atoms with Gasteiger partial charge in [-0.2, -0.15) is 0 Å². The second kappa shape index (κ2) is 4.88. The first-order chi connectivity index (χ1) is 9.38. The number of hydrogen-bond acceptors (Lipinski definition) is 6. The summed E-state index contributed by atoms with van der Waals surface area (Å²) >= 11 is 0. The maximum absolute atomic E-state index is 11.0. The summed E-state index contributed by atoms with van der Waals surface area (Å²) in [5.41, 5.74) is 10.6. The smallest absolute Gasteiger partial charge is 0.312 e. The molecule has 0 bridgehead atoms. The molecule has 0 atom stereocenters. The zero-order valence-corrected chi connectivity index (χ0v) is 10.4. The van der Waals surface area contributed by atoms with E-state index in [2.05, 4.69) is 5.10 Å². The highest BCUT2D eigenvalue weighted by Crippen LogP contribution is 2.33. The van der Waals surface area contributed by atoms with Crippen LogP contribution in [0.25, 0.3) is 0 Å². The van der Waals surface area contributed by atoms with Crippen molar-refractivity contribution in [1.29, 1.82) is 0 Å². The quantitative estimate of drug-likeness (QED) is 0.625. The number of carbonyl (C=O) groups excluding carboxylic acids is 1. The number of nitrogens with two attached hydrogens (primary N) is 2. The first-order valence-corrected chi connectivity index (χ1v) is 5.43. The number of aryl methyl sites for hydroxylation is 1. The molecule has 1 aromatic carbocycles. The Hall–Kier alpha value is -3.10.